The number of rotatable bonds is 7. The first-order chi connectivity index (χ1) is 11.5. The van der Waals surface area contributed by atoms with E-state index in [4.69, 9.17) is 5.73 Å². The first-order valence-electron chi connectivity index (χ1n) is 8.59. The molecule has 0 aromatic carbocycles. The van der Waals surface area contributed by atoms with Crippen molar-refractivity contribution in [1.29, 1.82) is 0 Å². The van der Waals surface area contributed by atoms with E-state index < -0.39 is 10.0 Å². The molecule has 1 saturated carbocycles. The Morgan fingerprint density at radius 3 is 2.62 bits per heavy atom. The minimum absolute atomic E-state index is 0.0500. The predicted octanol–water partition coefficient (Wildman–Crippen LogP) is 1.32. The van der Waals surface area contributed by atoms with E-state index in [1.807, 2.05) is 0 Å². The molecule has 1 amide bonds. The summed E-state index contributed by atoms with van der Waals surface area (Å²) in [6.07, 6.45) is 5.39. The van der Waals surface area contributed by atoms with Crippen LogP contribution >= 0.6 is 11.3 Å². The summed E-state index contributed by atoms with van der Waals surface area (Å²) in [4.78, 5) is 12.9. The van der Waals surface area contributed by atoms with Crippen LogP contribution in [0.2, 0.25) is 0 Å². The van der Waals surface area contributed by atoms with Crippen molar-refractivity contribution in [3.63, 3.8) is 0 Å². The fourth-order valence-electron chi connectivity index (χ4n) is 3.11. The summed E-state index contributed by atoms with van der Waals surface area (Å²) in [6.45, 7) is 1.64. The van der Waals surface area contributed by atoms with Crippen LogP contribution in [-0.4, -0.2) is 44.3 Å². The Morgan fingerprint density at radius 1 is 1.29 bits per heavy atom. The molecule has 2 heterocycles. The standard InChI is InChI=1S/C16H25N3O3S2/c17-11-14(12-4-5-12)18-15(20)10-13-6-7-16(23-13)24(21,22)19-8-2-1-3-9-19/h6-7,12,14H,1-5,8-11,17H2,(H,18,20). The van der Waals surface area contributed by atoms with Crippen molar-refractivity contribution in [1.82, 2.24) is 9.62 Å². The van der Waals surface area contributed by atoms with E-state index in [1.165, 1.54) is 11.3 Å². The minimum Gasteiger partial charge on any atom is -0.352 e. The van der Waals surface area contributed by atoms with E-state index >= 15 is 0 Å². The van der Waals surface area contributed by atoms with E-state index in [0.29, 0.717) is 29.8 Å². The number of carbonyl (C=O) groups is 1. The number of hydrogen-bond donors (Lipinski definition) is 2. The Labute approximate surface area is 147 Å². The molecule has 1 unspecified atom stereocenters. The summed E-state index contributed by atoms with van der Waals surface area (Å²) in [6, 6.07) is 3.42. The van der Waals surface area contributed by atoms with Crippen molar-refractivity contribution in [2.75, 3.05) is 19.6 Å². The average molecular weight is 372 g/mol. The van der Waals surface area contributed by atoms with Gasteiger partial charge in [0, 0.05) is 30.6 Å². The van der Waals surface area contributed by atoms with Gasteiger partial charge in [-0.05, 0) is 43.7 Å². The molecule has 1 atom stereocenters. The van der Waals surface area contributed by atoms with Gasteiger partial charge < -0.3 is 11.1 Å². The summed E-state index contributed by atoms with van der Waals surface area (Å²) in [5.74, 6) is 0.429. The number of amides is 1. The third kappa shape index (κ3) is 4.17. The van der Waals surface area contributed by atoms with Crippen LogP contribution in [0.1, 0.15) is 37.0 Å². The highest BCUT2D eigenvalue weighted by Gasteiger charge is 2.31. The fourth-order valence-corrected chi connectivity index (χ4v) is 6.13. The van der Waals surface area contributed by atoms with E-state index in [9.17, 15) is 13.2 Å². The molecular formula is C16H25N3O3S2. The highest BCUT2D eigenvalue weighted by atomic mass is 32.2. The van der Waals surface area contributed by atoms with Crippen molar-refractivity contribution < 1.29 is 13.2 Å². The highest BCUT2D eigenvalue weighted by molar-refractivity contribution is 7.91. The minimum atomic E-state index is -3.41. The Hall–Kier alpha value is -0.960. The molecule has 1 aliphatic carbocycles. The van der Waals surface area contributed by atoms with Crippen LogP contribution in [0.5, 0.6) is 0 Å². The normalized spacial score (nSPS) is 20.7. The average Bonchev–Trinajstić information content (AvgIpc) is 3.32. The molecule has 24 heavy (non-hydrogen) atoms. The summed E-state index contributed by atoms with van der Waals surface area (Å²) < 4.78 is 27.2. The molecule has 0 spiro atoms. The van der Waals surface area contributed by atoms with Gasteiger partial charge in [-0.1, -0.05) is 6.42 Å². The first-order valence-corrected chi connectivity index (χ1v) is 10.8. The Morgan fingerprint density at radius 2 is 2.00 bits per heavy atom. The van der Waals surface area contributed by atoms with Gasteiger partial charge in [0.2, 0.25) is 5.91 Å². The molecule has 2 fully saturated rings. The first kappa shape index (κ1) is 17.8. The Bertz CT molecular complexity index is 676. The lowest BCUT2D eigenvalue weighted by Crippen LogP contribution is -2.42. The van der Waals surface area contributed by atoms with Crippen molar-refractivity contribution in [2.45, 2.75) is 48.8 Å². The summed E-state index contributed by atoms with van der Waals surface area (Å²) >= 11 is 1.20. The zero-order chi connectivity index (χ0) is 17.2. The second kappa shape index (κ2) is 7.51. The molecule has 2 aliphatic rings. The van der Waals surface area contributed by atoms with Gasteiger partial charge in [-0.15, -0.1) is 11.3 Å². The lowest BCUT2D eigenvalue weighted by atomic mass is 10.2. The third-order valence-electron chi connectivity index (χ3n) is 4.67. The van der Waals surface area contributed by atoms with Crippen LogP contribution in [0.3, 0.4) is 0 Å². The highest BCUT2D eigenvalue weighted by Crippen LogP contribution is 2.32. The number of carbonyl (C=O) groups excluding carboxylic acids is 1. The van der Waals surface area contributed by atoms with Crippen molar-refractivity contribution in [2.24, 2.45) is 11.7 Å². The van der Waals surface area contributed by atoms with E-state index in [1.54, 1.807) is 16.4 Å². The molecule has 134 valence electrons. The van der Waals surface area contributed by atoms with Gasteiger partial charge in [0.25, 0.3) is 10.0 Å². The topological polar surface area (TPSA) is 92.5 Å². The third-order valence-corrected chi connectivity index (χ3v) is 8.12. The molecule has 6 nitrogen and oxygen atoms in total. The predicted molar refractivity (Wildman–Crippen MR) is 94.3 cm³/mol. The van der Waals surface area contributed by atoms with Crippen molar-refractivity contribution >= 4 is 27.3 Å². The Kier molecular flexibility index (Phi) is 5.59. The monoisotopic (exact) mass is 371 g/mol. The van der Waals surface area contributed by atoms with Crippen molar-refractivity contribution in [3.8, 4) is 0 Å². The molecule has 3 rings (SSSR count). The number of nitrogens with one attached hydrogen (secondary N) is 1. The van der Waals surface area contributed by atoms with Crippen LogP contribution in [-0.2, 0) is 21.2 Å². The van der Waals surface area contributed by atoms with Gasteiger partial charge in [-0.25, -0.2) is 8.42 Å². The van der Waals surface area contributed by atoms with Crippen LogP contribution in [0.25, 0.3) is 0 Å². The molecule has 3 N–H and O–H groups in total. The van der Waals surface area contributed by atoms with Crippen LogP contribution < -0.4 is 11.1 Å². The zero-order valence-electron chi connectivity index (χ0n) is 13.7. The molecule has 0 radical (unpaired) electrons. The van der Waals surface area contributed by atoms with Crippen LogP contribution in [0, 0.1) is 5.92 Å². The molecular weight excluding hydrogens is 346 g/mol. The molecule has 1 saturated heterocycles. The van der Waals surface area contributed by atoms with E-state index in [2.05, 4.69) is 5.32 Å². The van der Waals surface area contributed by atoms with Gasteiger partial charge in [-0.2, -0.15) is 4.31 Å². The smallest absolute Gasteiger partial charge is 0.252 e. The number of hydrogen-bond acceptors (Lipinski definition) is 5. The molecule has 1 aromatic rings. The SMILES string of the molecule is NCC(NC(=O)Cc1ccc(S(=O)(=O)N2CCCCC2)s1)C1CC1. The number of nitrogens with zero attached hydrogens (tertiary/aromatic N) is 1. The number of piperidine rings is 1. The maximum Gasteiger partial charge on any atom is 0.252 e. The second-order valence-electron chi connectivity index (χ2n) is 6.61. The molecule has 1 aliphatic heterocycles. The van der Waals surface area contributed by atoms with E-state index in [-0.39, 0.29) is 18.4 Å². The largest absolute Gasteiger partial charge is 0.352 e. The van der Waals surface area contributed by atoms with Crippen LogP contribution in [0.15, 0.2) is 16.3 Å². The number of sulfonamides is 1. The molecule has 1 aromatic heterocycles. The van der Waals surface area contributed by atoms with Gasteiger partial charge in [0.05, 0.1) is 6.42 Å². The summed E-state index contributed by atoms with van der Waals surface area (Å²) in [5.41, 5.74) is 5.70. The lowest BCUT2D eigenvalue weighted by molar-refractivity contribution is -0.121. The fraction of sp³-hybridized carbons (Fsp3) is 0.688. The zero-order valence-corrected chi connectivity index (χ0v) is 15.4. The Balaban J connectivity index is 1.61. The quantitative estimate of drug-likeness (QED) is 0.756. The van der Waals surface area contributed by atoms with Gasteiger partial charge >= 0.3 is 0 Å². The summed E-state index contributed by atoms with van der Waals surface area (Å²) in [5, 5.41) is 2.97. The molecule has 8 heteroatoms. The molecule has 0 bridgehead atoms. The van der Waals surface area contributed by atoms with Gasteiger partial charge in [0.15, 0.2) is 0 Å². The van der Waals surface area contributed by atoms with Gasteiger partial charge in [0.1, 0.15) is 4.21 Å². The summed E-state index contributed by atoms with van der Waals surface area (Å²) in [7, 11) is -3.41. The van der Waals surface area contributed by atoms with Crippen LogP contribution in [0.4, 0.5) is 0 Å². The number of nitrogens with two attached hydrogens (primary N) is 1. The van der Waals surface area contributed by atoms with Crippen molar-refractivity contribution in [3.05, 3.63) is 17.0 Å². The van der Waals surface area contributed by atoms with E-state index in [0.717, 1.165) is 37.0 Å². The number of thiophene rings is 1. The van der Waals surface area contributed by atoms with Gasteiger partial charge in [-0.3, -0.25) is 4.79 Å². The second-order valence-corrected chi connectivity index (χ2v) is 9.94. The maximum absolute atomic E-state index is 12.6. The maximum atomic E-state index is 12.6. The lowest BCUT2D eigenvalue weighted by Gasteiger charge is -2.25.